The Morgan fingerprint density at radius 3 is 2.55 bits per heavy atom. The smallest absolute Gasteiger partial charge is 0.230 e. The Balaban J connectivity index is 1.19. The number of pyridine rings is 1. The van der Waals surface area contributed by atoms with Crippen molar-refractivity contribution >= 4 is 11.6 Å². The molecule has 6 rings (SSSR count). The molecule has 0 atom stereocenters. The van der Waals surface area contributed by atoms with Gasteiger partial charge >= 0.3 is 0 Å². The third-order valence-electron chi connectivity index (χ3n) is 9.15. The van der Waals surface area contributed by atoms with E-state index in [2.05, 4.69) is 56.2 Å². The van der Waals surface area contributed by atoms with Gasteiger partial charge in [-0.2, -0.15) is 10.4 Å². The Morgan fingerprint density at radius 1 is 1.02 bits per heavy atom. The first kappa shape index (κ1) is 26.6. The van der Waals surface area contributed by atoms with Crippen LogP contribution in [0.2, 0.25) is 0 Å². The Kier molecular flexibility index (Phi) is 7.86. The number of carbonyl (C=O) groups excluding carboxylic acids is 1. The lowest BCUT2D eigenvalue weighted by atomic mass is 9.79. The van der Waals surface area contributed by atoms with Crippen LogP contribution in [0.1, 0.15) is 94.0 Å². The van der Waals surface area contributed by atoms with Crippen molar-refractivity contribution in [3.8, 4) is 22.9 Å². The van der Waals surface area contributed by atoms with Gasteiger partial charge in [-0.15, -0.1) is 0 Å². The van der Waals surface area contributed by atoms with E-state index in [-0.39, 0.29) is 5.92 Å². The molecule has 0 aliphatic heterocycles. The number of amides is 1. The lowest BCUT2D eigenvalue weighted by Crippen LogP contribution is -2.41. The highest BCUT2D eigenvalue weighted by Gasteiger charge is 2.31. The van der Waals surface area contributed by atoms with Crippen LogP contribution in [0.4, 0.5) is 5.69 Å². The molecule has 3 aromatic rings. The molecule has 2 heterocycles. The van der Waals surface area contributed by atoms with E-state index in [1.165, 1.54) is 19.3 Å². The van der Waals surface area contributed by atoms with E-state index >= 15 is 0 Å². The molecule has 0 unspecified atom stereocenters. The summed E-state index contributed by atoms with van der Waals surface area (Å²) >= 11 is 0. The SMILES string of the molecule is COc1ccc(C2CCC(CN(C(=O)C3CCCCC3)c3cccc(-c4cnn(C5CC5)c4)c3)CC2)nc1C#N. The second kappa shape index (κ2) is 11.8. The van der Waals surface area contributed by atoms with Crippen LogP contribution in [-0.2, 0) is 4.79 Å². The van der Waals surface area contributed by atoms with Crippen molar-refractivity contribution in [2.45, 2.75) is 82.6 Å². The molecule has 0 saturated heterocycles. The summed E-state index contributed by atoms with van der Waals surface area (Å²) in [5.74, 6) is 1.73. The van der Waals surface area contributed by atoms with Crippen molar-refractivity contribution in [3.05, 3.63) is 60.2 Å². The fraction of sp³-hybridized carbons (Fsp3) is 0.515. The number of anilines is 1. The number of aromatic nitrogens is 3. The highest BCUT2D eigenvalue weighted by atomic mass is 16.5. The molecular formula is C33H39N5O2. The topological polar surface area (TPSA) is 84.0 Å². The van der Waals surface area contributed by atoms with E-state index in [1.807, 2.05) is 18.3 Å². The van der Waals surface area contributed by atoms with Crippen molar-refractivity contribution in [3.63, 3.8) is 0 Å². The minimum atomic E-state index is 0.124. The number of carbonyl (C=O) groups is 1. The van der Waals surface area contributed by atoms with E-state index in [0.29, 0.717) is 35.2 Å². The normalized spacial score (nSPS) is 21.5. The summed E-state index contributed by atoms with van der Waals surface area (Å²) < 4.78 is 7.36. The Bertz CT molecular complexity index is 1370. The van der Waals surface area contributed by atoms with Gasteiger partial charge in [-0.3, -0.25) is 9.48 Å². The second-order valence-corrected chi connectivity index (χ2v) is 11.9. The van der Waals surface area contributed by atoms with Crippen LogP contribution in [0.15, 0.2) is 48.8 Å². The number of hydrogen-bond donors (Lipinski definition) is 0. The monoisotopic (exact) mass is 537 g/mol. The van der Waals surface area contributed by atoms with Crippen LogP contribution in [0.25, 0.3) is 11.1 Å². The average Bonchev–Trinajstić information content (AvgIpc) is 3.75. The molecule has 40 heavy (non-hydrogen) atoms. The van der Waals surface area contributed by atoms with Gasteiger partial charge in [-0.25, -0.2) is 4.98 Å². The molecule has 208 valence electrons. The second-order valence-electron chi connectivity index (χ2n) is 11.9. The van der Waals surface area contributed by atoms with Crippen LogP contribution in [0, 0.1) is 23.2 Å². The number of hydrogen-bond acceptors (Lipinski definition) is 5. The first-order chi connectivity index (χ1) is 19.6. The van der Waals surface area contributed by atoms with Gasteiger partial charge in [0.25, 0.3) is 0 Å². The van der Waals surface area contributed by atoms with Crippen molar-refractivity contribution in [2.24, 2.45) is 11.8 Å². The van der Waals surface area contributed by atoms with Gasteiger partial charge < -0.3 is 9.64 Å². The molecule has 1 amide bonds. The van der Waals surface area contributed by atoms with Gasteiger partial charge in [0, 0.05) is 41.5 Å². The lowest BCUT2D eigenvalue weighted by molar-refractivity contribution is -0.123. The fourth-order valence-corrected chi connectivity index (χ4v) is 6.60. The highest BCUT2D eigenvalue weighted by molar-refractivity contribution is 5.95. The van der Waals surface area contributed by atoms with Crippen molar-refractivity contribution < 1.29 is 9.53 Å². The molecule has 7 heteroatoms. The number of nitriles is 1. The molecule has 3 fully saturated rings. The maximum absolute atomic E-state index is 14.0. The third kappa shape index (κ3) is 5.77. The zero-order valence-electron chi connectivity index (χ0n) is 23.5. The zero-order chi connectivity index (χ0) is 27.5. The third-order valence-corrected chi connectivity index (χ3v) is 9.15. The van der Waals surface area contributed by atoms with Gasteiger partial charge in [0.2, 0.25) is 5.91 Å². The molecule has 3 saturated carbocycles. The first-order valence-electron chi connectivity index (χ1n) is 15.0. The summed E-state index contributed by atoms with van der Waals surface area (Å²) in [7, 11) is 1.57. The number of benzene rings is 1. The maximum Gasteiger partial charge on any atom is 0.230 e. The summed E-state index contributed by atoms with van der Waals surface area (Å²) in [5.41, 5.74) is 4.57. The Labute approximate surface area is 237 Å². The molecule has 0 bridgehead atoms. The minimum Gasteiger partial charge on any atom is -0.494 e. The highest BCUT2D eigenvalue weighted by Crippen LogP contribution is 2.39. The fourth-order valence-electron chi connectivity index (χ4n) is 6.60. The van der Waals surface area contributed by atoms with E-state index < -0.39 is 0 Å². The minimum absolute atomic E-state index is 0.124. The Hall–Kier alpha value is -3.66. The summed E-state index contributed by atoms with van der Waals surface area (Å²) in [5, 5.41) is 14.1. The molecule has 3 aliphatic rings. The molecule has 0 radical (unpaired) electrons. The quantitative estimate of drug-likeness (QED) is 0.307. The van der Waals surface area contributed by atoms with Crippen molar-refractivity contribution in [1.29, 1.82) is 5.26 Å². The summed E-state index contributed by atoms with van der Waals surface area (Å²) in [6.07, 6.45) is 16.2. The van der Waals surface area contributed by atoms with E-state index in [1.54, 1.807) is 7.11 Å². The van der Waals surface area contributed by atoms with E-state index in [4.69, 9.17) is 4.74 Å². The van der Waals surface area contributed by atoms with Gasteiger partial charge in [0.05, 0.1) is 19.3 Å². The van der Waals surface area contributed by atoms with Gasteiger partial charge in [0.15, 0.2) is 11.4 Å². The van der Waals surface area contributed by atoms with Crippen LogP contribution >= 0.6 is 0 Å². The molecule has 0 spiro atoms. The number of nitrogens with zero attached hydrogens (tertiary/aromatic N) is 5. The number of rotatable bonds is 8. The van der Waals surface area contributed by atoms with E-state index in [0.717, 1.165) is 80.4 Å². The molecule has 0 N–H and O–H groups in total. The number of ether oxygens (including phenoxy) is 1. The first-order valence-corrected chi connectivity index (χ1v) is 15.0. The van der Waals surface area contributed by atoms with Gasteiger partial charge in [0.1, 0.15) is 6.07 Å². The predicted molar refractivity (Wildman–Crippen MR) is 155 cm³/mol. The molecule has 3 aliphatic carbocycles. The average molecular weight is 538 g/mol. The summed E-state index contributed by atoms with van der Waals surface area (Å²) in [4.78, 5) is 20.7. The summed E-state index contributed by atoms with van der Waals surface area (Å²) in [6.45, 7) is 0.756. The molecule has 1 aromatic carbocycles. The standard InChI is InChI=1S/C33H39N5O2/c1-40-32-17-16-30(36-31(32)19-34)24-12-10-23(11-13-24)21-37(33(39)25-6-3-2-4-7-25)29-9-5-8-26(18-29)27-20-35-38(22-27)28-14-15-28/h5,8-9,16-18,20,22-25,28H,2-4,6-7,10-15,21H2,1H3. The van der Waals surface area contributed by atoms with Crippen LogP contribution in [0.5, 0.6) is 5.75 Å². The van der Waals surface area contributed by atoms with Crippen LogP contribution in [0.3, 0.4) is 0 Å². The Morgan fingerprint density at radius 2 is 1.82 bits per heavy atom. The molecule has 7 nitrogen and oxygen atoms in total. The summed E-state index contributed by atoms with van der Waals surface area (Å²) in [6, 6.07) is 15.1. The number of methoxy groups -OCH3 is 1. The van der Waals surface area contributed by atoms with Crippen molar-refractivity contribution in [1.82, 2.24) is 14.8 Å². The van der Waals surface area contributed by atoms with Crippen LogP contribution in [-0.4, -0.2) is 34.3 Å². The van der Waals surface area contributed by atoms with Crippen LogP contribution < -0.4 is 9.64 Å². The largest absolute Gasteiger partial charge is 0.494 e. The lowest BCUT2D eigenvalue weighted by Gasteiger charge is -2.35. The molecular weight excluding hydrogens is 498 g/mol. The van der Waals surface area contributed by atoms with Crippen molar-refractivity contribution in [2.75, 3.05) is 18.6 Å². The zero-order valence-corrected chi connectivity index (χ0v) is 23.5. The van der Waals surface area contributed by atoms with Gasteiger partial charge in [-0.1, -0.05) is 31.4 Å². The van der Waals surface area contributed by atoms with Gasteiger partial charge in [-0.05, 0) is 87.1 Å². The maximum atomic E-state index is 14.0. The predicted octanol–water partition coefficient (Wildman–Crippen LogP) is 7.05. The van der Waals surface area contributed by atoms with E-state index in [9.17, 15) is 10.1 Å². The molecule has 2 aromatic heterocycles.